The van der Waals surface area contributed by atoms with Crippen LogP contribution in [0.1, 0.15) is 32.6 Å². The fraction of sp³-hybridized carbons (Fsp3) is 0.467. The fourth-order valence-electron chi connectivity index (χ4n) is 2.39. The first-order chi connectivity index (χ1) is 9.58. The van der Waals surface area contributed by atoms with Crippen molar-refractivity contribution < 1.29 is 9.59 Å². The maximum absolute atomic E-state index is 12.0. The summed E-state index contributed by atoms with van der Waals surface area (Å²) in [4.78, 5) is 23.3. The van der Waals surface area contributed by atoms with Crippen molar-refractivity contribution in [1.29, 1.82) is 0 Å². The van der Waals surface area contributed by atoms with Gasteiger partial charge in [0, 0.05) is 29.8 Å². The summed E-state index contributed by atoms with van der Waals surface area (Å²) < 4.78 is 0. The van der Waals surface area contributed by atoms with E-state index < -0.39 is 0 Å². The predicted molar refractivity (Wildman–Crippen MR) is 79.3 cm³/mol. The van der Waals surface area contributed by atoms with Crippen LogP contribution in [0.15, 0.2) is 24.3 Å². The van der Waals surface area contributed by atoms with Crippen molar-refractivity contribution >= 4 is 23.2 Å². The van der Waals surface area contributed by atoms with Gasteiger partial charge in [-0.05, 0) is 43.5 Å². The monoisotopic (exact) mass is 275 g/mol. The molecule has 2 amide bonds. The molecule has 1 aromatic carbocycles. The van der Waals surface area contributed by atoms with Crippen LogP contribution in [-0.4, -0.2) is 17.9 Å². The second-order valence-electron chi connectivity index (χ2n) is 5.24. The zero-order chi connectivity index (χ0) is 14.5. The second kappa shape index (κ2) is 6.52. The van der Waals surface area contributed by atoms with Gasteiger partial charge < -0.3 is 16.4 Å². The molecule has 1 fully saturated rings. The van der Waals surface area contributed by atoms with E-state index >= 15 is 0 Å². The summed E-state index contributed by atoms with van der Waals surface area (Å²) in [7, 11) is 0. The first-order valence-electron chi connectivity index (χ1n) is 7.05. The Hall–Kier alpha value is -1.88. The number of carbonyl (C=O) groups excluding carboxylic acids is 2. The molecule has 0 aromatic heterocycles. The molecule has 1 aliphatic rings. The highest BCUT2D eigenvalue weighted by Crippen LogP contribution is 2.25. The van der Waals surface area contributed by atoms with Crippen LogP contribution < -0.4 is 16.4 Å². The van der Waals surface area contributed by atoms with Crippen molar-refractivity contribution in [2.24, 2.45) is 11.7 Å². The van der Waals surface area contributed by atoms with E-state index in [-0.39, 0.29) is 23.8 Å². The van der Waals surface area contributed by atoms with E-state index in [4.69, 9.17) is 5.73 Å². The van der Waals surface area contributed by atoms with Crippen LogP contribution in [0.2, 0.25) is 0 Å². The summed E-state index contributed by atoms with van der Waals surface area (Å²) in [5.74, 6) is 0.0227. The minimum Gasteiger partial charge on any atom is -0.328 e. The highest BCUT2D eigenvalue weighted by atomic mass is 16.2. The largest absolute Gasteiger partial charge is 0.328 e. The number of nitrogens with one attached hydrogen (secondary N) is 2. The number of carbonyl (C=O) groups is 2. The minimum atomic E-state index is -0.0262. The van der Waals surface area contributed by atoms with E-state index in [1.807, 2.05) is 0 Å². The first kappa shape index (κ1) is 14.5. The van der Waals surface area contributed by atoms with Crippen molar-refractivity contribution in [2.45, 2.75) is 38.6 Å². The summed E-state index contributed by atoms with van der Waals surface area (Å²) >= 11 is 0. The zero-order valence-electron chi connectivity index (χ0n) is 11.7. The van der Waals surface area contributed by atoms with Gasteiger partial charge >= 0.3 is 0 Å². The van der Waals surface area contributed by atoms with Crippen LogP contribution in [0.25, 0.3) is 0 Å². The van der Waals surface area contributed by atoms with Crippen LogP contribution in [0.4, 0.5) is 11.4 Å². The molecular formula is C15H21N3O2. The van der Waals surface area contributed by atoms with Crippen LogP contribution >= 0.6 is 0 Å². The Morgan fingerprint density at radius 2 is 1.75 bits per heavy atom. The Bertz CT molecular complexity index is 484. The molecule has 2 atom stereocenters. The summed E-state index contributed by atoms with van der Waals surface area (Å²) in [6, 6.07) is 7.29. The van der Waals surface area contributed by atoms with Gasteiger partial charge in [-0.2, -0.15) is 0 Å². The van der Waals surface area contributed by atoms with Gasteiger partial charge in [0.05, 0.1) is 0 Å². The van der Waals surface area contributed by atoms with Gasteiger partial charge in [-0.15, -0.1) is 0 Å². The van der Waals surface area contributed by atoms with E-state index in [1.54, 1.807) is 31.2 Å². The summed E-state index contributed by atoms with van der Waals surface area (Å²) in [6.45, 7) is 1.80. The van der Waals surface area contributed by atoms with Gasteiger partial charge in [0.2, 0.25) is 11.8 Å². The number of benzene rings is 1. The molecule has 0 spiro atoms. The Morgan fingerprint density at radius 3 is 2.25 bits per heavy atom. The highest BCUT2D eigenvalue weighted by molar-refractivity contribution is 5.94. The quantitative estimate of drug-likeness (QED) is 0.786. The lowest BCUT2D eigenvalue weighted by atomic mass is 10.1. The molecule has 5 heteroatoms. The van der Waals surface area contributed by atoms with E-state index in [9.17, 15) is 9.59 Å². The van der Waals surface area contributed by atoms with E-state index in [0.717, 1.165) is 30.6 Å². The Kier molecular flexibility index (Phi) is 4.74. The van der Waals surface area contributed by atoms with Crippen LogP contribution in [0.5, 0.6) is 0 Å². The summed E-state index contributed by atoms with van der Waals surface area (Å²) in [6.07, 6.45) is 2.98. The van der Waals surface area contributed by atoms with Crippen LogP contribution in [-0.2, 0) is 9.59 Å². The molecule has 108 valence electrons. The van der Waals surface area contributed by atoms with Gasteiger partial charge in [-0.25, -0.2) is 0 Å². The predicted octanol–water partition coefficient (Wildman–Crippen LogP) is 2.10. The van der Waals surface area contributed by atoms with Crippen molar-refractivity contribution in [3.05, 3.63) is 24.3 Å². The molecular weight excluding hydrogens is 254 g/mol. The van der Waals surface area contributed by atoms with Crippen molar-refractivity contribution in [1.82, 2.24) is 0 Å². The average Bonchev–Trinajstić information content (AvgIpc) is 2.87. The topological polar surface area (TPSA) is 84.2 Å². The SMILES string of the molecule is CCC(=O)Nc1ccc(NC(=O)C2CCC(N)C2)cc1. The molecule has 0 radical (unpaired) electrons. The smallest absolute Gasteiger partial charge is 0.227 e. The molecule has 0 bridgehead atoms. The second-order valence-corrected chi connectivity index (χ2v) is 5.24. The zero-order valence-corrected chi connectivity index (χ0v) is 11.7. The Labute approximate surface area is 118 Å². The molecule has 4 N–H and O–H groups in total. The molecule has 2 unspecified atom stereocenters. The highest BCUT2D eigenvalue weighted by Gasteiger charge is 2.27. The van der Waals surface area contributed by atoms with E-state index in [1.165, 1.54) is 0 Å². The molecule has 0 heterocycles. The first-order valence-corrected chi connectivity index (χ1v) is 7.05. The normalized spacial score (nSPS) is 21.5. The Morgan fingerprint density at radius 1 is 1.15 bits per heavy atom. The Balaban J connectivity index is 1.90. The van der Waals surface area contributed by atoms with Crippen molar-refractivity contribution in [3.8, 4) is 0 Å². The van der Waals surface area contributed by atoms with Crippen molar-refractivity contribution in [3.63, 3.8) is 0 Å². The van der Waals surface area contributed by atoms with E-state index in [2.05, 4.69) is 10.6 Å². The lowest BCUT2D eigenvalue weighted by Crippen LogP contribution is -2.23. The lowest BCUT2D eigenvalue weighted by Gasteiger charge is -2.11. The maximum Gasteiger partial charge on any atom is 0.227 e. The minimum absolute atomic E-state index is 0.0180. The molecule has 0 saturated heterocycles. The van der Waals surface area contributed by atoms with Gasteiger partial charge in [-0.3, -0.25) is 9.59 Å². The summed E-state index contributed by atoms with van der Waals surface area (Å²) in [5, 5.41) is 5.66. The average molecular weight is 275 g/mol. The van der Waals surface area contributed by atoms with Crippen LogP contribution in [0, 0.1) is 5.92 Å². The molecule has 20 heavy (non-hydrogen) atoms. The standard InChI is InChI=1S/C15H21N3O2/c1-2-14(19)17-12-5-7-13(8-6-12)18-15(20)10-3-4-11(16)9-10/h5-8,10-11H,2-4,9,16H2,1H3,(H,17,19)(H,18,20). The number of rotatable bonds is 4. The number of hydrogen-bond donors (Lipinski definition) is 3. The molecule has 0 aliphatic heterocycles. The lowest BCUT2D eigenvalue weighted by molar-refractivity contribution is -0.119. The maximum atomic E-state index is 12.0. The van der Waals surface area contributed by atoms with Gasteiger partial charge in [0.1, 0.15) is 0 Å². The van der Waals surface area contributed by atoms with E-state index in [0.29, 0.717) is 6.42 Å². The van der Waals surface area contributed by atoms with Gasteiger partial charge in [0.25, 0.3) is 0 Å². The molecule has 1 aromatic rings. The van der Waals surface area contributed by atoms with Gasteiger partial charge in [0.15, 0.2) is 0 Å². The number of anilines is 2. The molecule has 2 rings (SSSR count). The summed E-state index contributed by atoms with van der Waals surface area (Å²) in [5.41, 5.74) is 7.29. The third-order valence-electron chi connectivity index (χ3n) is 3.60. The number of hydrogen-bond acceptors (Lipinski definition) is 3. The van der Waals surface area contributed by atoms with Gasteiger partial charge in [-0.1, -0.05) is 6.92 Å². The number of amides is 2. The fourth-order valence-corrected chi connectivity index (χ4v) is 2.39. The number of nitrogens with two attached hydrogens (primary N) is 1. The third-order valence-corrected chi connectivity index (χ3v) is 3.60. The molecule has 5 nitrogen and oxygen atoms in total. The molecule has 1 saturated carbocycles. The third kappa shape index (κ3) is 3.81. The van der Waals surface area contributed by atoms with Crippen molar-refractivity contribution in [2.75, 3.05) is 10.6 Å². The molecule has 1 aliphatic carbocycles. The van der Waals surface area contributed by atoms with Crippen LogP contribution in [0.3, 0.4) is 0 Å².